The Morgan fingerprint density at radius 3 is 0.882 bits per heavy atom. The molecule has 4 aromatic carbocycles. The minimum absolute atomic E-state index is 0.0306. The first kappa shape index (κ1) is 52.2. The van der Waals surface area contributed by atoms with Gasteiger partial charge in [-0.15, -0.1) is 0 Å². The maximum Gasteiger partial charge on any atom is 0.333 e. The molecule has 0 aromatic heterocycles. The molecule has 0 unspecified atom stereocenters. The summed E-state index contributed by atoms with van der Waals surface area (Å²) in [5, 5.41) is 24.7. The summed E-state index contributed by atoms with van der Waals surface area (Å²) in [5.74, 6) is -1.44. The summed E-state index contributed by atoms with van der Waals surface area (Å²) < 4.78 is 23.7. The number of carbonyl (C=O) groups is 6. The average Bonchev–Trinajstić information content (AvgIpc) is 3.29. The summed E-state index contributed by atoms with van der Waals surface area (Å²) >= 11 is 0. The molecule has 360 valence electrons. The summed E-state index contributed by atoms with van der Waals surface area (Å²) in [6.45, 7) is 17.5. The van der Waals surface area contributed by atoms with Gasteiger partial charge in [0.15, 0.2) is 23.1 Å². The van der Waals surface area contributed by atoms with Crippen LogP contribution in [-0.4, -0.2) is 71.7 Å². The van der Waals surface area contributed by atoms with Crippen LogP contribution in [0.5, 0.6) is 23.0 Å². The van der Waals surface area contributed by atoms with E-state index in [4.69, 9.17) is 18.9 Å². The maximum atomic E-state index is 13.8. The van der Waals surface area contributed by atoms with Crippen LogP contribution < -0.4 is 9.47 Å². The van der Waals surface area contributed by atoms with Crippen molar-refractivity contribution in [3.8, 4) is 23.0 Å². The first-order valence-corrected chi connectivity index (χ1v) is 23.5. The number of aromatic hydroxyl groups is 2. The summed E-state index contributed by atoms with van der Waals surface area (Å²) in [4.78, 5) is 79.9. The number of phenols is 2. The number of ether oxygens (including phenoxy) is 4. The molecule has 0 spiro atoms. The van der Waals surface area contributed by atoms with Crippen LogP contribution in [-0.2, 0) is 44.7 Å². The van der Waals surface area contributed by atoms with E-state index in [1.165, 1.54) is 13.8 Å². The van der Waals surface area contributed by atoms with E-state index in [-0.39, 0.29) is 124 Å². The molecule has 5 rings (SSSR count). The topological polar surface area (TPSA) is 180 Å². The molecule has 4 aromatic rings. The quantitative estimate of drug-likeness (QED) is 0.0291. The zero-order valence-corrected chi connectivity index (χ0v) is 40.3. The standard InChI is InChI=1S/C56H64O12/c1-9-13-47(57)35-21-39-29-43-25-37(49(59)15-11-3)27-45(53(43)65-17-19-67-55(63)33(5)6)31-41-23-36(48(58)14-10-2)24-42(52(41)62)32-46-28-38(50(60)16-12-4)26-44(30-40(22-35)51(39)61)54(46)66-18-20-68-56(64)34(7)8/h21-28,61-62H,5,7,9-20,29-32H2,1-4,6,8H3. The Labute approximate surface area is 399 Å². The molecule has 0 aliphatic heterocycles. The molecule has 12 heteroatoms. The monoisotopic (exact) mass is 928 g/mol. The van der Waals surface area contributed by atoms with Gasteiger partial charge in [-0.2, -0.15) is 0 Å². The second-order valence-corrected chi connectivity index (χ2v) is 17.5. The van der Waals surface area contributed by atoms with Gasteiger partial charge in [0.2, 0.25) is 0 Å². The van der Waals surface area contributed by atoms with E-state index < -0.39 is 11.9 Å². The number of esters is 2. The molecule has 0 heterocycles. The fourth-order valence-corrected chi connectivity index (χ4v) is 8.22. The summed E-state index contributed by atoms with van der Waals surface area (Å²) in [6, 6.07) is 13.4. The Bertz CT molecular complexity index is 2340. The van der Waals surface area contributed by atoms with Crippen LogP contribution in [0.25, 0.3) is 0 Å². The van der Waals surface area contributed by atoms with Crippen molar-refractivity contribution in [1.29, 1.82) is 0 Å². The number of ketones is 4. The Hall–Kier alpha value is -6.82. The molecule has 8 bridgehead atoms. The number of rotatable bonds is 22. The van der Waals surface area contributed by atoms with Crippen molar-refractivity contribution < 1.29 is 57.9 Å². The van der Waals surface area contributed by atoms with Crippen LogP contribution in [0.1, 0.15) is 179 Å². The molecule has 0 radical (unpaired) electrons. The molecule has 0 fully saturated rings. The van der Waals surface area contributed by atoms with Crippen molar-refractivity contribution in [2.24, 2.45) is 0 Å². The van der Waals surface area contributed by atoms with E-state index in [2.05, 4.69) is 13.2 Å². The fourth-order valence-electron chi connectivity index (χ4n) is 8.22. The maximum absolute atomic E-state index is 13.8. The summed E-state index contributed by atoms with van der Waals surface area (Å²) in [6.07, 6.45) is 3.12. The number of benzene rings is 4. The molecule has 0 atom stereocenters. The van der Waals surface area contributed by atoms with Gasteiger partial charge in [0.25, 0.3) is 0 Å². The minimum Gasteiger partial charge on any atom is -0.507 e. The predicted molar refractivity (Wildman–Crippen MR) is 260 cm³/mol. The molecule has 68 heavy (non-hydrogen) atoms. The molecule has 1 aliphatic carbocycles. The summed E-state index contributed by atoms with van der Waals surface area (Å²) in [5.41, 5.74) is 5.15. The molecule has 2 N–H and O–H groups in total. The Morgan fingerprint density at radius 2 is 0.662 bits per heavy atom. The molecule has 0 saturated carbocycles. The van der Waals surface area contributed by atoms with Crippen molar-refractivity contribution in [1.82, 2.24) is 0 Å². The van der Waals surface area contributed by atoms with Gasteiger partial charge in [-0.25, -0.2) is 9.59 Å². The van der Waals surface area contributed by atoms with Gasteiger partial charge in [0.1, 0.15) is 49.4 Å². The number of carbonyl (C=O) groups excluding carboxylic acids is 6. The number of hydrogen-bond acceptors (Lipinski definition) is 12. The minimum atomic E-state index is -0.598. The highest BCUT2D eigenvalue weighted by molar-refractivity contribution is 5.99. The highest BCUT2D eigenvalue weighted by Gasteiger charge is 2.26. The van der Waals surface area contributed by atoms with E-state index >= 15 is 0 Å². The Kier molecular flexibility index (Phi) is 18.6. The van der Waals surface area contributed by atoms with E-state index in [1.54, 1.807) is 48.5 Å². The van der Waals surface area contributed by atoms with Gasteiger partial charge in [0, 0.05) is 84.8 Å². The zero-order valence-electron chi connectivity index (χ0n) is 40.3. The highest BCUT2D eigenvalue weighted by Crippen LogP contribution is 2.41. The van der Waals surface area contributed by atoms with Gasteiger partial charge >= 0.3 is 11.9 Å². The van der Waals surface area contributed by atoms with Gasteiger partial charge in [-0.05, 0) is 133 Å². The van der Waals surface area contributed by atoms with Crippen LogP contribution in [0.2, 0.25) is 0 Å². The SMILES string of the molecule is C=C(C)C(=O)OCCOc1c2cc(C(=O)CCC)cc1Cc1cc(C(=O)CCC)cc(c1O)Cc1cc(C(=O)CCC)cc(c1OCCOC(=O)C(=C)C)Cc1cc(C(=O)CCC)cc(c1O)C2. The Balaban J connectivity index is 1.88. The second-order valence-electron chi connectivity index (χ2n) is 17.5. The predicted octanol–water partition coefficient (Wildman–Crippen LogP) is 10.7. The van der Waals surface area contributed by atoms with Gasteiger partial charge in [-0.3, -0.25) is 19.2 Å². The molecular formula is C56H64O12. The lowest BCUT2D eigenvalue weighted by Crippen LogP contribution is -2.15. The first-order chi connectivity index (χ1) is 32.5. The summed E-state index contributed by atoms with van der Waals surface area (Å²) in [7, 11) is 0. The van der Waals surface area contributed by atoms with E-state index in [0.717, 1.165) is 0 Å². The van der Waals surface area contributed by atoms with E-state index in [9.17, 15) is 39.0 Å². The van der Waals surface area contributed by atoms with E-state index in [1.807, 2.05) is 27.7 Å². The number of hydrogen-bond donors (Lipinski definition) is 2. The van der Waals surface area contributed by atoms with Crippen LogP contribution in [0.3, 0.4) is 0 Å². The lowest BCUT2D eigenvalue weighted by molar-refractivity contribution is -0.140. The van der Waals surface area contributed by atoms with Crippen molar-refractivity contribution >= 4 is 35.1 Å². The van der Waals surface area contributed by atoms with Crippen LogP contribution in [0, 0.1) is 0 Å². The van der Waals surface area contributed by atoms with Crippen molar-refractivity contribution in [3.63, 3.8) is 0 Å². The first-order valence-electron chi connectivity index (χ1n) is 23.5. The number of phenolic OH excluding ortho intramolecular Hbond substituents is 2. The third kappa shape index (κ3) is 13.2. The third-order valence-corrected chi connectivity index (χ3v) is 11.6. The van der Waals surface area contributed by atoms with Crippen LogP contribution >= 0.6 is 0 Å². The third-order valence-electron chi connectivity index (χ3n) is 11.6. The lowest BCUT2D eigenvalue weighted by Gasteiger charge is -2.23. The molecule has 1 aliphatic rings. The second kappa shape index (κ2) is 24.3. The highest BCUT2D eigenvalue weighted by atomic mass is 16.6. The van der Waals surface area contributed by atoms with E-state index in [0.29, 0.717) is 104 Å². The fraction of sp³-hybridized carbons (Fsp3) is 0.393. The number of fused-ring (bicyclic) bond motifs is 8. The van der Waals surface area contributed by atoms with Crippen molar-refractivity contribution in [2.45, 2.75) is 119 Å². The largest absolute Gasteiger partial charge is 0.507 e. The number of Topliss-reactive ketones (excluding diaryl/α,β-unsaturated/α-hetero) is 4. The molecular weight excluding hydrogens is 865 g/mol. The molecule has 0 saturated heterocycles. The van der Waals surface area contributed by atoms with Gasteiger partial charge in [-0.1, -0.05) is 40.9 Å². The smallest absolute Gasteiger partial charge is 0.333 e. The lowest BCUT2D eigenvalue weighted by atomic mass is 9.86. The molecule has 0 amide bonds. The molecule has 12 nitrogen and oxygen atoms in total. The van der Waals surface area contributed by atoms with Crippen LogP contribution in [0.4, 0.5) is 0 Å². The van der Waals surface area contributed by atoms with Gasteiger partial charge < -0.3 is 29.2 Å². The van der Waals surface area contributed by atoms with Crippen molar-refractivity contribution in [2.75, 3.05) is 26.4 Å². The van der Waals surface area contributed by atoms with Crippen molar-refractivity contribution in [3.05, 3.63) is 140 Å². The Morgan fingerprint density at radius 1 is 0.426 bits per heavy atom. The van der Waals surface area contributed by atoms with Gasteiger partial charge in [0.05, 0.1) is 0 Å². The van der Waals surface area contributed by atoms with Crippen LogP contribution in [0.15, 0.2) is 72.8 Å². The zero-order chi connectivity index (χ0) is 49.7. The average molecular weight is 929 g/mol. The normalized spacial score (nSPS) is 11.9.